The summed E-state index contributed by atoms with van der Waals surface area (Å²) in [6, 6.07) is 0. The summed E-state index contributed by atoms with van der Waals surface area (Å²) in [5, 5.41) is 0. The van der Waals surface area contributed by atoms with Crippen molar-refractivity contribution in [3.05, 3.63) is 6.92 Å². The Morgan fingerprint density at radius 3 is 2.00 bits per heavy atom. The van der Waals surface area contributed by atoms with E-state index < -0.39 is 8.32 Å². The second-order valence-electron chi connectivity index (χ2n) is 3.17. The molecule has 0 spiro atoms. The van der Waals surface area contributed by atoms with Gasteiger partial charge < -0.3 is 23.8 Å². The van der Waals surface area contributed by atoms with Crippen LogP contribution in [-0.2, 0) is 4.43 Å². The third-order valence-corrected chi connectivity index (χ3v) is 2.00. The van der Waals surface area contributed by atoms with E-state index in [1.165, 1.54) is 0 Å². The topological polar surface area (TPSA) is 9.23 Å². The minimum absolute atomic E-state index is 0. The number of hydrogen-bond donors (Lipinski definition) is 0. The van der Waals surface area contributed by atoms with Crippen LogP contribution in [0.4, 0.5) is 0 Å². The Kier molecular flexibility index (Phi) is 15.3. The zero-order valence-corrected chi connectivity index (χ0v) is 11.0. The van der Waals surface area contributed by atoms with Crippen LogP contribution in [0.15, 0.2) is 0 Å². The summed E-state index contributed by atoms with van der Waals surface area (Å²) in [6.45, 7) is 11.3. The molecule has 0 radical (unpaired) electrons. The van der Waals surface area contributed by atoms with Crippen molar-refractivity contribution in [2.75, 3.05) is 6.61 Å². The molecule has 0 saturated heterocycles. The molecule has 0 aromatic rings. The quantitative estimate of drug-likeness (QED) is 0.327. The van der Waals surface area contributed by atoms with Crippen LogP contribution in [0.5, 0.6) is 0 Å². The van der Waals surface area contributed by atoms with Crippen LogP contribution < -0.4 is 12.4 Å². The van der Waals surface area contributed by atoms with Gasteiger partial charge in [0.2, 0.25) is 0 Å². The second-order valence-corrected chi connectivity index (χ2v) is 7.68. The van der Waals surface area contributed by atoms with Gasteiger partial charge in [0.05, 0.1) is 0 Å². The molecule has 0 unspecified atom stereocenters. The Labute approximate surface area is 94.0 Å². The summed E-state index contributed by atoms with van der Waals surface area (Å²) >= 11 is 0. The molecule has 0 aliphatic heterocycles. The number of hydrogen-bond acceptors (Lipinski definition) is 1. The molecule has 0 heterocycles. The molecular formula is C7H17ClMgOSi. The first kappa shape index (κ1) is 18.1. The van der Waals surface area contributed by atoms with E-state index in [1.54, 1.807) is 0 Å². The van der Waals surface area contributed by atoms with E-state index >= 15 is 0 Å². The molecule has 0 bridgehead atoms. The van der Waals surface area contributed by atoms with E-state index in [0.717, 1.165) is 19.4 Å². The minimum atomic E-state index is -1.22. The number of rotatable bonds is 4. The molecule has 64 valence electrons. The molecule has 4 heteroatoms. The Balaban J connectivity index is -0.000000320. The van der Waals surface area contributed by atoms with Gasteiger partial charge >= 0.3 is 23.1 Å². The van der Waals surface area contributed by atoms with Crippen molar-refractivity contribution in [3.63, 3.8) is 0 Å². The third-order valence-electron chi connectivity index (χ3n) is 0.929. The van der Waals surface area contributed by atoms with Gasteiger partial charge in [-0.2, -0.15) is 6.42 Å². The standard InChI is InChI=1S/C7H17OSi.ClH.Mg/c1-5-6-7-8-9(2,3)4;;/h1,5-7H2,2-4H3;1H;/q-1;;+2/p-1. The Morgan fingerprint density at radius 1 is 1.27 bits per heavy atom. The van der Waals surface area contributed by atoms with Gasteiger partial charge in [0.1, 0.15) is 0 Å². The van der Waals surface area contributed by atoms with Gasteiger partial charge in [-0.15, -0.1) is 0 Å². The summed E-state index contributed by atoms with van der Waals surface area (Å²) in [6.07, 6.45) is 2.09. The SMILES string of the molecule is [CH2-]CCCO[Si](C)(C)C.[Cl-].[Mg+2]. The average Bonchev–Trinajstić information content (AvgIpc) is 1.63. The summed E-state index contributed by atoms with van der Waals surface area (Å²) in [4.78, 5) is 0. The molecular weight excluding hydrogens is 188 g/mol. The summed E-state index contributed by atoms with van der Waals surface area (Å²) < 4.78 is 5.57. The molecule has 11 heavy (non-hydrogen) atoms. The second kappa shape index (κ2) is 9.32. The largest absolute Gasteiger partial charge is 2.00 e. The van der Waals surface area contributed by atoms with Gasteiger partial charge in [-0.3, -0.25) is 0 Å². The maximum absolute atomic E-state index is 5.57. The Hall–Kier alpha value is 1.23. The third kappa shape index (κ3) is 18.3. The van der Waals surface area contributed by atoms with Gasteiger partial charge in [0.15, 0.2) is 8.32 Å². The Morgan fingerprint density at radius 2 is 1.73 bits per heavy atom. The van der Waals surface area contributed by atoms with Gasteiger partial charge in [-0.1, -0.05) is 6.42 Å². The fraction of sp³-hybridized carbons (Fsp3) is 0.857. The minimum Gasteiger partial charge on any atom is -1.00 e. The van der Waals surface area contributed by atoms with E-state index in [9.17, 15) is 0 Å². The fourth-order valence-electron chi connectivity index (χ4n) is 0.480. The van der Waals surface area contributed by atoms with Gasteiger partial charge in [-0.05, 0) is 19.6 Å². The van der Waals surface area contributed by atoms with Crippen molar-refractivity contribution in [2.24, 2.45) is 0 Å². The Bertz CT molecular complexity index is 75.3. The molecule has 0 aromatic heterocycles. The van der Waals surface area contributed by atoms with Crippen LogP contribution in [0.2, 0.25) is 19.6 Å². The van der Waals surface area contributed by atoms with E-state index in [4.69, 9.17) is 4.43 Å². The van der Waals surface area contributed by atoms with Crippen molar-refractivity contribution in [2.45, 2.75) is 32.5 Å². The van der Waals surface area contributed by atoms with Crippen molar-refractivity contribution in [3.8, 4) is 0 Å². The van der Waals surface area contributed by atoms with Crippen molar-refractivity contribution < 1.29 is 16.8 Å². The summed E-state index contributed by atoms with van der Waals surface area (Å²) in [5.41, 5.74) is 0. The predicted octanol–water partition coefficient (Wildman–Crippen LogP) is -0.925. The monoisotopic (exact) mass is 204 g/mol. The zero-order chi connectivity index (χ0) is 7.33. The normalized spacial score (nSPS) is 9.82. The van der Waals surface area contributed by atoms with Crippen LogP contribution >= 0.6 is 0 Å². The molecule has 0 atom stereocenters. The average molecular weight is 205 g/mol. The van der Waals surface area contributed by atoms with E-state index in [-0.39, 0.29) is 35.5 Å². The molecule has 0 aromatic carbocycles. The smallest absolute Gasteiger partial charge is 1.00 e. The van der Waals surface area contributed by atoms with Gasteiger partial charge in [-0.25, -0.2) is 0 Å². The maximum Gasteiger partial charge on any atom is 2.00 e. The first-order valence-corrected chi connectivity index (χ1v) is 6.90. The van der Waals surface area contributed by atoms with Crippen molar-refractivity contribution in [1.29, 1.82) is 0 Å². The maximum atomic E-state index is 5.57. The molecule has 0 rings (SSSR count). The predicted molar refractivity (Wildman–Crippen MR) is 49.6 cm³/mol. The molecule has 0 amide bonds. The van der Waals surface area contributed by atoms with Crippen LogP contribution in [0.1, 0.15) is 12.8 Å². The van der Waals surface area contributed by atoms with Crippen molar-refractivity contribution in [1.82, 2.24) is 0 Å². The zero-order valence-electron chi connectivity index (χ0n) is 7.82. The van der Waals surface area contributed by atoms with Gasteiger partial charge in [0, 0.05) is 6.61 Å². The molecule has 0 fully saturated rings. The first-order chi connectivity index (χ1) is 4.06. The molecule has 1 nitrogen and oxygen atoms in total. The van der Waals surface area contributed by atoms with E-state index in [1.807, 2.05) is 0 Å². The number of unbranched alkanes of at least 4 members (excludes halogenated alkanes) is 1. The van der Waals surface area contributed by atoms with Crippen LogP contribution in [0, 0.1) is 6.92 Å². The number of halogens is 1. The van der Waals surface area contributed by atoms with E-state index in [2.05, 4.69) is 26.6 Å². The van der Waals surface area contributed by atoms with Gasteiger partial charge in [0.25, 0.3) is 0 Å². The molecule has 0 N–H and O–H groups in total. The van der Waals surface area contributed by atoms with Crippen LogP contribution in [-0.4, -0.2) is 38.0 Å². The summed E-state index contributed by atoms with van der Waals surface area (Å²) in [7, 11) is -1.22. The molecule has 0 saturated carbocycles. The molecule has 0 aliphatic carbocycles. The van der Waals surface area contributed by atoms with E-state index in [0.29, 0.717) is 0 Å². The first-order valence-electron chi connectivity index (χ1n) is 3.49. The van der Waals surface area contributed by atoms with Crippen molar-refractivity contribution >= 4 is 31.4 Å². The fourth-order valence-corrected chi connectivity index (χ4v) is 1.24. The summed E-state index contributed by atoms with van der Waals surface area (Å²) in [5.74, 6) is 0. The molecule has 0 aliphatic rings. The van der Waals surface area contributed by atoms with Crippen LogP contribution in [0.3, 0.4) is 0 Å². The van der Waals surface area contributed by atoms with Crippen LogP contribution in [0.25, 0.3) is 0 Å².